The van der Waals surface area contributed by atoms with Crippen molar-refractivity contribution in [3.8, 4) is 0 Å². The lowest BCUT2D eigenvalue weighted by Crippen LogP contribution is -2.43. The summed E-state index contributed by atoms with van der Waals surface area (Å²) in [7, 11) is -3.13. The molecule has 0 unspecified atom stereocenters. The smallest absolute Gasteiger partial charge is 0.239 e. The molecule has 1 amide bonds. The summed E-state index contributed by atoms with van der Waals surface area (Å²) in [6, 6.07) is 6.88. The molecule has 20 heavy (non-hydrogen) atoms. The molecule has 1 aromatic rings. The minimum Gasteiger partial charge on any atom is -0.376 e. The highest BCUT2D eigenvalue weighted by atomic mass is 79.9. The minimum atomic E-state index is -3.13. The van der Waals surface area contributed by atoms with E-state index in [1.165, 1.54) is 0 Å². The van der Waals surface area contributed by atoms with Crippen LogP contribution in [-0.4, -0.2) is 43.8 Å². The lowest BCUT2D eigenvalue weighted by Gasteiger charge is -2.15. The van der Waals surface area contributed by atoms with Gasteiger partial charge in [0.05, 0.1) is 29.5 Å². The van der Waals surface area contributed by atoms with Crippen molar-refractivity contribution >= 4 is 49.0 Å². The molecule has 1 heterocycles. The van der Waals surface area contributed by atoms with Crippen LogP contribution in [0.25, 0.3) is 0 Å². The van der Waals surface area contributed by atoms with Gasteiger partial charge in [-0.1, -0.05) is 15.9 Å². The molecule has 1 aliphatic heterocycles. The van der Waals surface area contributed by atoms with Crippen LogP contribution in [0.2, 0.25) is 0 Å². The second-order valence-corrected chi connectivity index (χ2v) is 8.26. The molecule has 0 aromatic heterocycles. The first kappa shape index (κ1) is 15.6. The number of carbonyl (C=O) groups excluding carboxylic acids is 1. The average Bonchev–Trinajstić information content (AvgIpc) is 2.61. The van der Waals surface area contributed by atoms with Crippen LogP contribution in [0.3, 0.4) is 0 Å². The second-order valence-electron chi connectivity index (χ2n) is 4.63. The summed E-state index contributed by atoms with van der Waals surface area (Å²) >= 11 is 9.24. The van der Waals surface area contributed by atoms with Gasteiger partial charge in [0.1, 0.15) is 0 Å². The predicted molar refractivity (Wildman–Crippen MR) is 82.9 cm³/mol. The van der Waals surface area contributed by atoms with Crippen LogP contribution < -0.4 is 10.6 Å². The van der Waals surface area contributed by atoms with E-state index < -0.39 is 21.3 Å². The minimum absolute atomic E-state index is 0.0712. The lowest BCUT2D eigenvalue weighted by atomic mass is 10.2. The van der Waals surface area contributed by atoms with Gasteiger partial charge in [-0.2, -0.15) is 0 Å². The highest BCUT2D eigenvalue weighted by Gasteiger charge is 2.37. The van der Waals surface area contributed by atoms with Crippen LogP contribution in [0.5, 0.6) is 0 Å². The van der Waals surface area contributed by atoms with E-state index in [-0.39, 0.29) is 24.0 Å². The highest BCUT2D eigenvalue weighted by Crippen LogP contribution is 2.18. The molecule has 0 aliphatic carbocycles. The molecule has 8 heteroatoms. The van der Waals surface area contributed by atoms with Gasteiger partial charge in [-0.3, -0.25) is 4.79 Å². The summed E-state index contributed by atoms with van der Waals surface area (Å²) < 4.78 is 23.7. The Morgan fingerprint density at radius 3 is 2.50 bits per heavy atom. The van der Waals surface area contributed by atoms with Gasteiger partial charge in [0.15, 0.2) is 9.84 Å². The number of rotatable bonds is 4. The van der Waals surface area contributed by atoms with E-state index >= 15 is 0 Å². The molecule has 0 radical (unpaired) electrons. The van der Waals surface area contributed by atoms with Gasteiger partial charge in [0, 0.05) is 10.2 Å². The molecule has 1 saturated heterocycles. The molecule has 0 saturated carbocycles. The number of sulfone groups is 1. The normalized spacial score (nSPS) is 24.3. The third-order valence-corrected chi connectivity index (χ3v) is 5.83. The van der Waals surface area contributed by atoms with E-state index in [4.69, 9.17) is 11.6 Å². The Kier molecular flexibility index (Phi) is 4.93. The van der Waals surface area contributed by atoms with Crippen LogP contribution in [-0.2, 0) is 14.6 Å². The van der Waals surface area contributed by atoms with E-state index in [2.05, 4.69) is 26.6 Å². The van der Waals surface area contributed by atoms with Crippen LogP contribution in [0.15, 0.2) is 28.7 Å². The van der Waals surface area contributed by atoms with Gasteiger partial charge in [0.25, 0.3) is 0 Å². The zero-order valence-corrected chi connectivity index (χ0v) is 13.6. The maximum Gasteiger partial charge on any atom is 0.239 e. The topological polar surface area (TPSA) is 75.3 Å². The molecular weight excluding hydrogens is 368 g/mol. The fourth-order valence-electron chi connectivity index (χ4n) is 1.94. The van der Waals surface area contributed by atoms with Crippen LogP contribution in [0.4, 0.5) is 5.69 Å². The number of carbonyl (C=O) groups is 1. The zero-order chi connectivity index (χ0) is 14.8. The molecule has 0 bridgehead atoms. The fourth-order valence-corrected chi connectivity index (χ4v) is 4.76. The van der Waals surface area contributed by atoms with Crippen molar-refractivity contribution < 1.29 is 13.2 Å². The number of hydrogen-bond acceptors (Lipinski definition) is 4. The third kappa shape index (κ3) is 4.36. The van der Waals surface area contributed by atoms with Gasteiger partial charge in [-0.25, -0.2) is 8.42 Å². The van der Waals surface area contributed by atoms with Gasteiger partial charge in [-0.05, 0) is 24.3 Å². The molecule has 110 valence electrons. The van der Waals surface area contributed by atoms with Crippen molar-refractivity contribution in [2.75, 3.05) is 23.4 Å². The molecule has 5 nitrogen and oxygen atoms in total. The molecule has 1 aliphatic rings. The summed E-state index contributed by atoms with van der Waals surface area (Å²) in [5.41, 5.74) is 0.810. The predicted octanol–water partition coefficient (Wildman–Crippen LogP) is 1.38. The first-order valence-electron chi connectivity index (χ1n) is 5.99. The van der Waals surface area contributed by atoms with Crippen molar-refractivity contribution in [2.24, 2.45) is 0 Å². The fraction of sp³-hybridized carbons (Fsp3) is 0.417. The van der Waals surface area contributed by atoms with Gasteiger partial charge in [-0.15, -0.1) is 11.6 Å². The molecule has 1 fully saturated rings. The molecule has 1 aromatic carbocycles. The van der Waals surface area contributed by atoms with E-state index in [1.54, 1.807) is 0 Å². The Labute approximate surface area is 131 Å². The van der Waals surface area contributed by atoms with E-state index in [1.807, 2.05) is 24.3 Å². The molecular formula is C12H14BrClN2O3S. The molecule has 0 spiro atoms. The van der Waals surface area contributed by atoms with Crippen molar-refractivity contribution in [1.29, 1.82) is 0 Å². The first-order chi connectivity index (χ1) is 9.35. The number of hydrogen-bond donors (Lipinski definition) is 2. The van der Waals surface area contributed by atoms with Crippen LogP contribution >= 0.6 is 27.5 Å². The largest absolute Gasteiger partial charge is 0.376 e. The van der Waals surface area contributed by atoms with Crippen molar-refractivity contribution in [2.45, 2.75) is 11.4 Å². The number of benzene rings is 1. The number of anilines is 1. The van der Waals surface area contributed by atoms with Crippen molar-refractivity contribution in [3.05, 3.63) is 28.7 Å². The second kappa shape index (κ2) is 6.32. The summed E-state index contributed by atoms with van der Waals surface area (Å²) in [6.07, 6.45) is 0. The quantitative estimate of drug-likeness (QED) is 0.773. The Balaban J connectivity index is 1.83. The van der Waals surface area contributed by atoms with Gasteiger partial charge >= 0.3 is 0 Å². The first-order valence-corrected chi connectivity index (χ1v) is 9.04. The standard InChI is InChI=1S/C12H14BrClN2O3S/c13-8-1-3-9(4-2-8)15-5-12(17)16-11-7-20(18,19)6-10(11)14/h1-4,10-11,15H,5-7H2,(H,16,17)/t10-,11-/m1/s1. The van der Waals surface area contributed by atoms with Gasteiger partial charge in [0.2, 0.25) is 5.91 Å². The van der Waals surface area contributed by atoms with Crippen molar-refractivity contribution in [3.63, 3.8) is 0 Å². The highest BCUT2D eigenvalue weighted by molar-refractivity contribution is 9.10. The van der Waals surface area contributed by atoms with Crippen LogP contribution in [0.1, 0.15) is 0 Å². The van der Waals surface area contributed by atoms with E-state index in [9.17, 15) is 13.2 Å². The Hall–Kier alpha value is -0.790. The number of amides is 1. The Bertz CT molecular complexity index is 591. The average molecular weight is 382 g/mol. The SMILES string of the molecule is O=C(CNc1ccc(Br)cc1)N[C@@H]1CS(=O)(=O)C[C@H]1Cl. The molecule has 2 atom stereocenters. The maximum absolute atomic E-state index is 11.8. The maximum atomic E-state index is 11.8. The Morgan fingerprint density at radius 1 is 1.30 bits per heavy atom. The zero-order valence-electron chi connectivity index (χ0n) is 10.5. The third-order valence-electron chi connectivity index (χ3n) is 2.93. The summed E-state index contributed by atoms with van der Waals surface area (Å²) in [5, 5.41) is 5.04. The number of halogens is 2. The van der Waals surface area contributed by atoms with E-state index in [0.29, 0.717) is 0 Å². The van der Waals surface area contributed by atoms with Gasteiger partial charge < -0.3 is 10.6 Å². The summed E-state index contributed by atoms with van der Waals surface area (Å²) in [6.45, 7) is 0.0712. The summed E-state index contributed by atoms with van der Waals surface area (Å²) in [5.74, 6) is -0.453. The monoisotopic (exact) mass is 380 g/mol. The number of nitrogens with one attached hydrogen (secondary N) is 2. The molecule has 2 N–H and O–H groups in total. The number of alkyl halides is 1. The van der Waals surface area contributed by atoms with E-state index in [0.717, 1.165) is 10.2 Å². The van der Waals surface area contributed by atoms with Crippen molar-refractivity contribution in [1.82, 2.24) is 5.32 Å². The molecule has 2 rings (SSSR count). The van der Waals surface area contributed by atoms with Crippen LogP contribution in [0, 0.1) is 0 Å². The lowest BCUT2D eigenvalue weighted by molar-refractivity contribution is -0.119. The summed E-state index contributed by atoms with van der Waals surface area (Å²) in [4.78, 5) is 11.8. The Morgan fingerprint density at radius 2 is 1.95 bits per heavy atom.